The van der Waals surface area contributed by atoms with Crippen LogP contribution in [0, 0.1) is 13.8 Å². The summed E-state index contributed by atoms with van der Waals surface area (Å²) in [6.45, 7) is 3.99. The van der Waals surface area contributed by atoms with Crippen LogP contribution in [0.5, 0.6) is 0 Å². The molecular formula is C18H16Cl2N4OS. The minimum absolute atomic E-state index is 0.112. The topological polar surface area (TPSA) is 70.7 Å². The van der Waals surface area contributed by atoms with Crippen LogP contribution < -0.4 is 5.32 Å². The summed E-state index contributed by atoms with van der Waals surface area (Å²) in [5, 5.41) is 11.4. The molecule has 8 heteroatoms. The van der Waals surface area contributed by atoms with Crippen LogP contribution in [0.2, 0.25) is 10.0 Å². The van der Waals surface area contributed by atoms with Gasteiger partial charge in [-0.25, -0.2) is 4.98 Å². The maximum absolute atomic E-state index is 12.2. The number of hydrogen-bond donors (Lipinski definition) is 2. The zero-order chi connectivity index (χ0) is 18.7. The Hall–Kier alpha value is -2.02. The molecule has 0 atom stereocenters. The van der Waals surface area contributed by atoms with Gasteiger partial charge in [0.25, 0.3) is 0 Å². The first-order chi connectivity index (χ1) is 12.4. The molecule has 3 aromatic rings. The number of anilines is 1. The zero-order valence-electron chi connectivity index (χ0n) is 14.1. The number of benzene rings is 2. The van der Waals surface area contributed by atoms with Crippen molar-refractivity contribution in [3.05, 3.63) is 57.6 Å². The maximum Gasteiger partial charge on any atom is 0.234 e. The van der Waals surface area contributed by atoms with Crippen LogP contribution in [0.1, 0.15) is 11.1 Å². The quantitative estimate of drug-likeness (QED) is 0.576. The number of thioether (sulfide) groups is 1. The third kappa shape index (κ3) is 4.38. The van der Waals surface area contributed by atoms with E-state index in [2.05, 4.69) is 20.5 Å². The Labute approximate surface area is 165 Å². The van der Waals surface area contributed by atoms with Crippen LogP contribution >= 0.6 is 35.0 Å². The van der Waals surface area contributed by atoms with Crippen molar-refractivity contribution in [3.8, 4) is 11.4 Å². The Morgan fingerprint density at radius 1 is 1.23 bits per heavy atom. The van der Waals surface area contributed by atoms with Gasteiger partial charge >= 0.3 is 0 Å². The number of nitrogens with zero attached hydrogens (tertiary/aromatic N) is 2. The number of nitrogens with one attached hydrogen (secondary N) is 2. The average Bonchev–Trinajstić information content (AvgIpc) is 3.06. The molecule has 1 aromatic heterocycles. The predicted octanol–water partition coefficient (Wildman–Crippen LogP) is 5.13. The van der Waals surface area contributed by atoms with Crippen molar-refractivity contribution in [3.63, 3.8) is 0 Å². The minimum atomic E-state index is -0.112. The zero-order valence-corrected chi connectivity index (χ0v) is 16.5. The molecule has 0 aliphatic rings. The monoisotopic (exact) mass is 406 g/mol. The summed E-state index contributed by atoms with van der Waals surface area (Å²) in [5.74, 6) is 0.627. The first-order valence-electron chi connectivity index (χ1n) is 7.80. The summed E-state index contributed by atoms with van der Waals surface area (Å²) in [6.07, 6.45) is 0. The molecule has 0 radical (unpaired) electrons. The molecule has 2 aromatic carbocycles. The molecule has 2 N–H and O–H groups in total. The lowest BCUT2D eigenvalue weighted by molar-refractivity contribution is -0.113. The summed E-state index contributed by atoms with van der Waals surface area (Å²) in [5.41, 5.74) is 3.71. The number of carbonyl (C=O) groups is 1. The van der Waals surface area contributed by atoms with Gasteiger partial charge in [-0.2, -0.15) is 0 Å². The standard InChI is InChI=1S/C18H16Cl2N4OS/c1-10-4-3-5-15(11(10)2)21-16(25)9-26-18-22-17(23-24-18)13-7-6-12(19)8-14(13)20/h3-8H,9H2,1-2H3,(H,21,25)(H,22,23,24). The molecule has 5 nitrogen and oxygen atoms in total. The highest BCUT2D eigenvalue weighted by Gasteiger charge is 2.12. The summed E-state index contributed by atoms with van der Waals surface area (Å²) < 4.78 is 0. The number of H-pyrrole nitrogens is 1. The van der Waals surface area contributed by atoms with Crippen LogP contribution in [-0.4, -0.2) is 26.8 Å². The average molecular weight is 407 g/mol. The van der Waals surface area contributed by atoms with Gasteiger partial charge in [-0.1, -0.05) is 47.1 Å². The smallest absolute Gasteiger partial charge is 0.234 e. The molecule has 1 amide bonds. The second kappa shape index (κ2) is 8.12. The lowest BCUT2D eigenvalue weighted by atomic mass is 10.1. The van der Waals surface area contributed by atoms with Gasteiger partial charge in [-0.3, -0.25) is 9.89 Å². The molecule has 0 spiro atoms. The van der Waals surface area contributed by atoms with E-state index in [9.17, 15) is 4.79 Å². The molecule has 0 saturated heterocycles. The fourth-order valence-electron chi connectivity index (χ4n) is 2.32. The van der Waals surface area contributed by atoms with Crippen LogP contribution in [0.4, 0.5) is 5.69 Å². The van der Waals surface area contributed by atoms with Gasteiger partial charge in [0.15, 0.2) is 5.82 Å². The highest BCUT2D eigenvalue weighted by molar-refractivity contribution is 7.99. The van der Waals surface area contributed by atoms with Crippen molar-refractivity contribution in [1.82, 2.24) is 15.2 Å². The molecule has 3 rings (SSSR count). The molecule has 0 aliphatic heterocycles. The van der Waals surface area contributed by atoms with E-state index in [4.69, 9.17) is 23.2 Å². The van der Waals surface area contributed by atoms with Gasteiger partial charge in [0.2, 0.25) is 11.1 Å². The largest absolute Gasteiger partial charge is 0.325 e. The Bertz CT molecular complexity index is 958. The van der Waals surface area contributed by atoms with Crippen LogP contribution in [0.3, 0.4) is 0 Å². The number of hydrogen-bond acceptors (Lipinski definition) is 4. The van der Waals surface area contributed by atoms with E-state index < -0.39 is 0 Å². The molecule has 0 aliphatic carbocycles. The SMILES string of the molecule is Cc1cccc(NC(=O)CSc2n[nH]c(-c3ccc(Cl)cc3Cl)n2)c1C. The van der Waals surface area contributed by atoms with Gasteiger partial charge in [-0.05, 0) is 49.2 Å². The van der Waals surface area contributed by atoms with Crippen LogP contribution in [0.25, 0.3) is 11.4 Å². The lowest BCUT2D eigenvalue weighted by Gasteiger charge is -2.09. The maximum atomic E-state index is 12.2. The molecule has 0 unspecified atom stereocenters. The molecule has 0 fully saturated rings. The fraction of sp³-hybridized carbons (Fsp3) is 0.167. The second-order valence-corrected chi connectivity index (χ2v) is 7.46. The van der Waals surface area contributed by atoms with Gasteiger partial charge in [0, 0.05) is 16.3 Å². The van der Waals surface area contributed by atoms with E-state index in [1.807, 2.05) is 32.0 Å². The van der Waals surface area contributed by atoms with Gasteiger partial charge in [0.1, 0.15) is 0 Å². The first-order valence-corrected chi connectivity index (χ1v) is 9.55. The second-order valence-electron chi connectivity index (χ2n) is 5.68. The van der Waals surface area contributed by atoms with E-state index in [0.717, 1.165) is 16.8 Å². The fourth-order valence-corrected chi connectivity index (χ4v) is 3.41. The molecule has 134 valence electrons. The summed E-state index contributed by atoms with van der Waals surface area (Å²) in [4.78, 5) is 16.6. The van der Waals surface area contributed by atoms with E-state index in [1.54, 1.807) is 18.2 Å². The number of aryl methyl sites for hydroxylation is 1. The minimum Gasteiger partial charge on any atom is -0.325 e. The number of amides is 1. The lowest BCUT2D eigenvalue weighted by Crippen LogP contribution is -2.15. The van der Waals surface area contributed by atoms with Gasteiger partial charge in [0.05, 0.1) is 10.8 Å². The number of carbonyl (C=O) groups excluding carboxylic acids is 1. The van der Waals surface area contributed by atoms with Crippen LogP contribution in [0.15, 0.2) is 41.6 Å². The molecule has 0 saturated carbocycles. The van der Waals surface area contributed by atoms with E-state index in [0.29, 0.717) is 26.6 Å². The van der Waals surface area contributed by atoms with Crippen molar-refractivity contribution >= 4 is 46.6 Å². The molecule has 1 heterocycles. The highest BCUT2D eigenvalue weighted by Crippen LogP contribution is 2.29. The highest BCUT2D eigenvalue weighted by atomic mass is 35.5. The van der Waals surface area contributed by atoms with Crippen molar-refractivity contribution < 1.29 is 4.79 Å². The number of halogens is 2. The Morgan fingerprint density at radius 3 is 2.81 bits per heavy atom. The van der Waals surface area contributed by atoms with Crippen molar-refractivity contribution in [1.29, 1.82) is 0 Å². The van der Waals surface area contributed by atoms with Crippen LogP contribution in [-0.2, 0) is 4.79 Å². The van der Waals surface area contributed by atoms with E-state index >= 15 is 0 Å². The number of rotatable bonds is 5. The summed E-state index contributed by atoms with van der Waals surface area (Å²) in [7, 11) is 0. The van der Waals surface area contributed by atoms with Crippen molar-refractivity contribution in [2.75, 3.05) is 11.1 Å². The Morgan fingerprint density at radius 2 is 2.04 bits per heavy atom. The Kier molecular flexibility index (Phi) is 5.86. The molecule has 0 bridgehead atoms. The third-order valence-corrected chi connectivity index (χ3v) is 5.26. The molecular weight excluding hydrogens is 391 g/mol. The Balaban J connectivity index is 1.63. The number of aromatic nitrogens is 3. The van der Waals surface area contributed by atoms with Crippen molar-refractivity contribution in [2.45, 2.75) is 19.0 Å². The first kappa shape index (κ1) is 18.8. The normalized spacial score (nSPS) is 10.8. The van der Waals surface area contributed by atoms with E-state index in [1.165, 1.54) is 11.8 Å². The third-order valence-electron chi connectivity index (χ3n) is 3.86. The van der Waals surface area contributed by atoms with Gasteiger partial charge in [-0.15, -0.1) is 5.10 Å². The van der Waals surface area contributed by atoms with E-state index in [-0.39, 0.29) is 11.7 Å². The van der Waals surface area contributed by atoms with Crippen molar-refractivity contribution in [2.24, 2.45) is 0 Å². The summed E-state index contributed by atoms with van der Waals surface area (Å²) >= 11 is 13.3. The summed E-state index contributed by atoms with van der Waals surface area (Å²) in [6, 6.07) is 11.0. The predicted molar refractivity (Wildman–Crippen MR) is 107 cm³/mol. The van der Waals surface area contributed by atoms with Gasteiger partial charge < -0.3 is 5.32 Å². The molecule has 26 heavy (non-hydrogen) atoms. The number of aromatic amines is 1.